The molecule has 0 amide bonds. The number of hydrogen-bond donors (Lipinski definition) is 3. The van der Waals surface area contributed by atoms with Gasteiger partial charge in [-0.2, -0.15) is 0 Å². The van der Waals surface area contributed by atoms with Crippen LogP contribution in [-0.4, -0.2) is 46.3 Å². The Hall–Kier alpha value is -1.46. The van der Waals surface area contributed by atoms with Crippen LogP contribution in [0, 0.1) is 11.3 Å². The molecule has 0 aromatic heterocycles. The van der Waals surface area contributed by atoms with Crippen LogP contribution in [0.1, 0.15) is 72.1 Å². The minimum Gasteiger partial charge on any atom is -0.393 e. The van der Waals surface area contributed by atoms with Gasteiger partial charge in [0.15, 0.2) is 0 Å². The molecular formula is C28H42O4. The Bertz CT molecular complexity index is 798. The average molecular weight is 443 g/mol. The molecule has 3 rings (SSSR count). The van der Waals surface area contributed by atoms with Crippen LogP contribution in [-0.2, 0) is 4.74 Å². The molecule has 3 aliphatic rings. The molecule has 3 N–H and O–H groups in total. The second-order valence-electron chi connectivity index (χ2n) is 10.1. The zero-order valence-corrected chi connectivity index (χ0v) is 20.1. The third-order valence-electron chi connectivity index (χ3n) is 8.10. The van der Waals surface area contributed by atoms with Gasteiger partial charge in [-0.15, -0.1) is 0 Å². The molecule has 2 saturated carbocycles. The van der Waals surface area contributed by atoms with Crippen molar-refractivity contribution in [3.8, 4) is 0 Å². The van der Waals surface area contributed by atoms with Crippen LogP contribution in [0.3, 0.4) is 0 Å². The number of hydrogen-bond acceptors (Lipinski definition) is 4. The van der Waals surface area contributed by atoms with Crippen LogP contribution >= 0.6 is 0 Å². The van der Waals surface area contributed by atoms with Crippen LogP contribution in [0.5, 0.6) is 0 Å². The molecule has 4 atom stereocenters. The molecule has 178 valence electrons. The lowest BCUT2D eigenvalue weighted by Crippen LogP contribution is -2.32. The molecule has 0 bridgehead atoms. The summed E-state index contributed by atoms with van der Waals surface area (Å²) in [5.41, 5.74) is 3.97. The first-order chi connectivity index (χ1) is 15.2. The van der Waals surface area contributed by atoms with Crippen LogP contribution in [0.25, 0.3) is 0 Å². The van der Waals surface area contributed by atoms with Crippen molar-refractivity contribution in [2.45, 2.75) is 89.9 Å². The fraction of sp³-hybridized carbons (Fsp3) is 0.643. The molecule has 0 unspecified atom stereocenters. The Kier molecular flexibility index (Phi) is 8.37. The lowest BCUT2D eigenvalue weighted by molar-refractivity contribution is 0.0810. The number of aliphatic hydroxyl groups is 3. The third-order valence-corrected chi connectivity index (χ3v) is 8.10. The molecule has 0 aromatic rings. The van der Waals surface area contributed by atoms with Gasteiger partial charge in [0.2, 0.25) is 0 Å². The molecule has 2 fully saturated rings. The number of ether oxygens (including phenoxy) is 1. The van der Waals surface area contributed by atoms with E-state index in [1.807, 2.05) is 26.0 Å². The van der Waals surface area contributed by atoms with Crippen LogP contribution in [0.15, 0.2) is 59.3 Å². The quantitative estimate of drug-likeness (QED) is 0.358. The van der Waals surface area contributed by atoms with Gasteiger partial charge in [0.05, 0.1) is 31.0 Å². The van der Waals surface area contributed by atoms with Crippen molar-refractivity contribution in [1.82, 2.24) is 0 Å². The summed E-state index contributed by atoms with van der Waals surface area (Å²) in [5, 5.41) is 30.5. The van der Waals surface area contributed by atoms with Crippen LogP contribution < -0.4 is 0 Å². The molecule has 0 heterocycles. The highest BCUT2D eigenvalue weighted by Gasteiger charge is 2.44. The van der Waals surface area contributed by atoms with Gasteiger partial charge in [-0.1, -0.05) is 63.3 Å². The summed E-state index contributed by atoms with van der Waals surface area (Å²) in [6, 6.07) is 0. The fourth-order valence-electron chi connectivity index (χ4n) is 5.58. The van der Waals surface area contributed by atoms with Crippen LogP contribution in [0.2, 0.25) is 0 Å². The van der Waals surface area contributed by atoms with Gasteiger partial charge in [-0.3, -0.25) is 0 Å². The van der Waals surface area contributed by atoms with Crippen molar-refractivity contribution >= 4 is 0 Å². The normalized spacial score (nSPS) is 33.9. The van der Waals surface area contributed by atoms with Gasteiger partial charge in [0.1, 0.15) is 0 Å². The first-order valence-corrected chi connectivity index (χ1v) is 12.3. The SMILES string of the molecule is C=C1C(=CC=C2CCC[C@]3(C)C(COCC=CC(O)(CC)CC)=CC[C@@H]23)C[C@@H](O)C[C@@H]1O. The van der Waals surface area contributed by atoms with E-state index < -0.39 is 17.8 Å². The Balaban J connectivity index is 1.62. The highest BCUT2D eigenvalue weighted by molar-refractivity contribution is 5.40. The van der Waals surface area contributed by atoms with Gasteiger partial charge in [0, 0.05) is 6.42 Å². The lowest BCUT2D eigenvalue weighted by atomic mass is 9.64. The van der Waals surface area contributed by atoms with E-state index >= 15 is 0 Å². The van der Waals surface area contributed by atoms with E-state index in [0.29, 0.717) is 44.8 Å². The zero-order chi connectivity index (χ0) is 23.4. The van der Waals surface area contributed by atoms with Gasteiger partial charge >= 0.3 is 0 Å². The maximum absolute atomic E-state index is 10.4. The molecule has 3 aliphatic carbocycles. The maximum Gasteiger partial charge on any atom is 0.0823 e. The lowest BCUT2D eigenvalue weighted by Gasteiger charge is -2.41. The predicted molar refractivity (Wildman–Crippen MR) is 130 cm³/mol. The number of rotatable bonds is 8. The predicted octanol–water partition coefficient (Wildman–Crippen LogP) is 5.17. The Morgan fingerprint density at radius 3 is 2.72 bits per heavy atom. The van der Waals surface area contributed by atoms with E-state index in [-0.39, 0.29) is 5.41 Å². The van der Waals surface area contributed by atoms with Crippen LogP contribution in [0.4, 0.5) is 0 Å². The summed E-state index contributed by atoms with van der Waals surface area (Å²) in [6.45, 7) is 11.6. The van der Waals surface area contributed by atoms with Crippen molar-refractivity contribution in [1.29, 1.82) is 0 Å². The summed E-state index contributed by atoms with van der Waals surface area (Å²) in [7, 11) is 0. The van der Waals surface area contributed by atoms with Gasteiger partial charge < -0.3 is 20.1 Å². The second kappa shape index (κ2) is 10.6. The highest BCUT2D eigenvalue weighted by atomic mass is 16.5. The molecule has 0 aliphatic heterocycles. The summed E-state index contributed by atoms with van der Waals surface area (Å²) < 4.78 is 5.98. The molecule has 0 saturated heterocycles. The van der Waals surface area contributed by atoms with Crippen molar-refractivity contribution in [3.63, 3.8) is 0 Å². The average Bonchev–Trinajstić information content (AvgIpc) is 3.11. The van der Waals surface area contributed by atoms with E-state index in [2.05, 4.69) is 31.7 Å². The first-order valence-electron chi connectivity index (χ1n) is 12.3. The molecule has 4 heteroatoms. The van der Waals surface area contributed by atoms with Crippen molar-refractivity contribution in [2.75, 3.05) is 13.2 Å². The fourth-order valence-corrected chi connectivity index (χ4v) is 5.58. The molecule has 4 nitrogen and oxygen atoms in total. The van der Waals surface area contributed by atoms with E-state index in [1.165, 1.54) is 17.6 Å². The van der Waals surface area contributed by atoms with Crippen molar-refractivity contribution < 1.29 is 20.1 Å². The number of aliphatic hydroxyl groups excluding tert-OH is 2. The summed E-state index contributed by atoms with van der Waals surface area (Å²) in [4.78, 5) is 0. The summed E-state index contributed by atoms with van der Waals surface area (Å²) >= 11 is 0. The largest absolute Gasteiger partial charge is 0.393 e. The maximum atomic E-state index is 10.4. The summed E-state index contributed by atoms with van der Waals surface area (Å²) in [5.74, 6) is 0.485. The molecule has 32 heavy (non-hydrogen) atoms. The van der Waals surface area contributed by atoms with Crippen molar-refractivity contribution in [3.05, 3.63) is 59.3 Å². The second-order valence-corrected chi connectivity index (χ2v) is 10.1. The van der Waals surface area contributed by atoms with Crippen molar-refractivity contribution in [2.24, 2.45) is 11.3 Å². The Labute approximate surface area is 194 Å². The Morgan fingerprint density at radius 2 is 2.00 bits per heavy atom. The highest BCUT2D eigenvalue weighted by Crippen LogP contribution is 2.54. The Morgan fingerprint density at radius 1 is 1.25 bits per heavy atom. The topological polar surface area (TPSA) is 69.9 Å². The third kappa shape index (κ3) is 5.53. The molecule has 0 spiro atoms. The first kappa shape index (κ1) is 25.2. The van der Waals surface area contributed by atoms with E-state index in [1.54, 1.807) is 0 Å². The minimum atomic E-state index is -0.722. The van der Waals surface area contributed by atoms with Gasteiger partial charge in [-0.25, -0.2) is 0 Å². The van der Waals surface area contributed by atoms with E-state index in [9.17, 15) is 15.3 Å². The zero-order valence-electron chi connectivity index (χ0n) is 20.1. The minimum absolute atomic E-state index is 0.127. The molecule has 0 aromatic carbocycles. The monoisotopic (exact) mass is 442 g/mol. The van der Waals surface area contributed by atoms with Gasteiger partial charge in [0.25, 0.3) is 0 Å². The smallest absolute Gasteiger partial charge is 0.0823 e. The molecule has 0 radical (unpaired) electrons. The van der Waals surface area contributed by atoms with E-state index in [0.717, 1.165) is 30.4 Å². The summed E-state index contributed by atoms with van der Waals surface area (Å²) in [6.07, 6.45) is 16.2. The molecular weight excluding hydrogens is 400 g/mol. The standard InChI is InChI=1S/C28H42O4/c1-5-28(31,6-2)15-8-16-32-19-23-12-13-25-21(9-7-14-27(23,25)4)10-11-22-17-24(29)18-26(30)20(22)3/h8,10-12,15,24-26,29-31H,3,5-7,9,13-14,16-19H2,1-2,4H3/t24-,25+,26+,27-/m1/s1. The number of fused-ring (bicyclic) bond motifs is 1. The van der Waals surface area contributed by atoms with E-state index in [4.69, 9.17) is 4.74 Å². The number of allylic oxidation sites excluding steroid dienone is 4. The van der Waals surface area contributed by atoms with Gasteiger partial charge in [-0.05, 0) is 73.0 Å².